The van der Waals surface area contributed by atoms with Crippen molar-refractivity contribution in [3.05, 3.63) is 0 Å². The largest absolute Gasteiger partial charge is 0.480 e. The van der Waals surface area contributed by atoms with Crippen molar-refractivity contribution in [2.75, 3.05) is 6.54 Å². The van der Waals surface area contributed by atoms with Crippen molar-refractivity contribution < 1.29 is 19.8 Å². The molecule has 0 spiro atoms. The topological polar surface area (TPSA) is 77.8 Å². The zero-order valence-electron chi connectivity index (χ0n) is 9.88. The van der Waals surface area contributed by atoms with Gasteiger partial charge in [-0.25, -0.2) is 4.79 Å². The van der Waals surface area contributed by atoms with Gasteiger partial charge in [-0.3, -0.25) is 4.79 Å². The molecular weight excluding hydrogens is 210 g/mol. The van der Waals surface area contributed by atoms with Crippen molar-refractivity contribution in [1.82, 2.24) is 4.90 Å². The Morgan fingerprint density at radius 3 is 2.38 bits per heavy atom. The fraction of sp³-hybridized carbons (Fsp3) is 0.818. The molecule has 3 unspecified atom stereocenters. The Morgan fingerprint density at radius 1 is 1.38 bits per heavy atom. The van der Waals surface area contributed by atoms with Gasteiger partial charge in [0.15, 0.2) is 0 Å². The van der Waals surface area contributed by atoms with Crippen molar-refractivity contribution in [2.45, 2.75) is 39.3 Å². The molecule has 1 saturated heterocycles. The highest BCUT2D eigenvalue weighted by Crippen LogP contribution is 2.24. The smallest absolute Gasteiger partial charge is 0.326 e. The van der Waals surface area contributed by atoms with Gasteiger partial charge in [0.2, 0.25) is 0 Å². The fourth-order valence-corrected chi connectivity index (χ4v) is 1.98. The zero-order chi connectivity index (χ0) is 12.5. The van der Waals surface area contributed by atoms with Crippen LogP contribution in [0.25, 0.3) is 0 Å². The van der Waals surface area contributed by atoms with Crippen LogP contribution < -0.4 is 0 Å². The number of likely N-dealkylation sites (tertiary alicyclic amines) is 1. The van der Waals surface area contributed by atoms with E-state index in [1.807, 2.05) is 6.92 Å². The van der Waals surface area contributed by atoms with Crippen molar-refractivity contribution >= 4 is 11.9 Å². The number of nitrogens with zero attached hydrogens (tertiary/aromatic N) is 1. The van der Waals surface area contributed by atoms with E-state index in [1.54, 1.807) is 13.8 Å². The zero-order valence-corrected chi connectivity index (χ0v) is 9.88. The minimum atomic E-state index is -1.10. The summed E-state index contributed by atoms with van der Waals surface area (Å²) >= 11 is 0. The van der Waals surface area contributed by atoms with E-state index in [-0.39, 0.29) is 11.8 Å². The second kappa shape index (κ2) is 4.82. The maximum absolute atomic E-state index is 11.9. The first-order valence-electron chi connectivity index (χ1n) is 5.56. The molecule has 1 heterocycles. The summed E-state index contributed by atoms with van der Waals surface area (Å²) in [5.74, 6) is -1.48. The average molecular weight is 229 g/mol. The third kappa shape index (κ3) is 2.52. The summed E-state index contributed by atoms with van der Waals surface area (Å²) < 4.78 is 0. The predicted molar refractivity (Wildman–Crippen MR) is 57.8 cm³/mol. The number of aliphatic hydroxyl groups is 1. The number of aliphatic carboxylic acids is 1. The van der Waals surface area contributed by atoms with Gasteiger partial charge in [0, 0.05) is 6.54 Å². The SMILES string of the molecule is CC1CC(C(=O)O)N(C(=O)C(O)C(C)C)C1. The Bertz CT molecular complexity index is 290. The van der Waals surface area contributed by atoms with Gasteiger partial charge in [0.05, 0.1) is 0 Å². The standard InChI is InChI=1S/C11H19NO4/c1-6(2)9(13)10(14)12-5-7(3)4-8(12)11(15)16/h6-9,13H,4-5H2,1-3H3,(H,15,16). The van der Waals surface area contributed by atoms with Crippen LogP contribution in [-0.2, 0) is 9.59 Å². The summed E-state index contributed by atoms with van der Waals surface area (Å²) in [6, 6.07) is -0.782. The Kier molecular flexibility index (Phi) is 3.91. The van der Waals surface area contributed by atoms with Gasteiger partial charge in [-0.1, -0.05) is 20.8 Å². The van der Waals surface area contributed by atoms with Crippen molar-refractivity contribution in [1.29, 1.82) is 0 Å². The number of hydrogen-bond acceptors (Lipinski definition) is 3. The predicted octanol–water partition coefficient (Wildman–Crippen LogP) is 0.325. The van der Waals surface area contributed by atoms with E-state index in [9.17, 15) is 14.7 Å². The number of rotatable bonds is 3. The van der Waals surface area contributed by atoms with Gasteiger partial charge in [0.1, 0.15) is 12.1 Å². The Morgan fingerprint density at radius 2 is 1.94 bits per heavy atom. The second-order valence-corrected chi connectivity index (χ2v) is 4.87. The minimum absolute atomic E-state index is 0.171. The molecule has 0 aliphatic carbocycles. The Hall–Kier alpha value is -1.10. The molecule has 5 nitrogen and oxygen atoms in total. The van der Waals surface area contributed by atoms with Crippen LogP contribution in [0.2, 0.25) is 0 Å². The third-order valence-electron chi connectivity index (χ3n) is 2.96. The molecule has 0 saturated carbocycles. The molecule has 1 fully saturated rings. The third-order valence-corrected chi connectivity index (χ3v) is 2.96. The van der Waals surface area contributed by atoms with Crippen LogP contribution in [0.1, 0.15) is 27.2 Å². The molecular formula is C11H19NO4. The average Bonchev–Trinajstić information content (AvgIpc) is 2.58. The first-order chi connectivity index (χ1) is 7.34. The summed E-state index contributed by atoms with van der Waals surface area (Å²) in [6.07, 6.45) is -0.640. The van der Waals surface area contributed by atoms with Crippen molar-refractivity contribution in [2.24, 2.45) is 11.8 Å². The van der Waals surface area contributed by atoms with Gasteiger partial charge in [0.25, 0.3) is 5.91 Å². The molecule has 92 valence electrons. The van der Waals surface area contributed by atoms with Gasteiger partial charge in [-0.05, 0) is 18.3 Å². The number of carbonyl (C=O) groups is 2. The number of aliphatic hydroxyl groups excluding tert-OH is 1. The quantitative estimate of drug-likeness (QED) is 0.730. The normalized spacial score (nSPS) is 27.2. The maximum Gasteiger partial charge on any atom is 0.326 e. The molecule has 1 rings (SSSR count). The number of hydrogen-bond donors (Lipinski definition) is 2. The summed E-state index contributed by atoms with van der Waals surface area (Å²) in [7, 11) is 0. The first kappa shape index (κ1) is 13.0. The summed E-state index contributed by atoms with van der Waals surface area (Å²) in [6.45, 7) is 5.79. The van der Waals surface area contributed by atoms with Crippen LogP contribution in [0, 0.1) is 11.8 Å². The molecule has 0 radical (unpaired) electrons. The summed E-state index contributed by atoms with van der Waals surface area (Å²) in [4.78, 5) is 24.1. The van der Waals surface area contributed by atoms with E-state index in [0.717, 1.165) is 0 Å². The molecule has 0 aromatic rings. The van der Waals surface area contributed by atoms with Crippen LogP contribution >= 0.6 is 0 Å². The van der Waals surface area contributed by atoms with E-state index >= 15 is 0 Å². The van der Waals surface area contributed by atoms with Crippen LogP contribution in [-0.4, -0.2) is 45.7 Å². The van der Waals surface area contributed by atoms with Gasteiger partial charge in [-0.2, -0.15) is 0 Å². The maximum atomic E-state index is 11.9. The highest BCUT2D eigenvalue weighted by Gasteiger charge is 2.40. The Balaban J connectivity index is 2.78. The second-order valence-electron chi connectivity index (χ2n) is 4.87. The van der Waals surface area contributed by atoms with Gasteiger partial charge in [-0.15, -0.1) is 0 Å². The van der Waals surface area contributed by atoms with Crippen molar-refractivity contribution in [3.8, 4) is 0 Å². The highest BCUT2D eigenvalue weighted by atomic mass is 16.4. The first-order valence-corrected chi connectivity index (χ1v) is 5.56. The monoisotopic (exact) mass is 229 g/mol. The fourth-order valence-electron chi connectivity index (χ4n) is 1.98. The van der Waals surface area contributed by atoms with E-state index in [1.165, 1.54) is 4.90 Å². The number of carbonyl (C=O) groups excluding carboxylic acids is 1. The lowest BCUT2D eigenvalue weighted by Crippen LogP contribution is -2.47. The van der Waals surface area contributed by atoms with E-state index < -0.39 is 24.0 Å². The lowest BCUT2D eigenvalue weighted by Gasteiger charge is -2.25. The summed E-state index contributed by atoms with van der Waals surface area (Å²) in [5.41, 5.74) is 0. The van der Waals surface area contributed by atoms with E-state index in [0.29, 0.717) is 13.0 Å². The summed E-state index contributed by atoms with van der Waals surface area (Å²) in [5, 5.41) is 18.7. The number of carboxylic acids is 1. The molecule has 0 aromatic heterocycles. The molecule has 0 bridgehead atoms. The molecule has 1 aliphatic heterocycles. The van der Waals surface area contributed by atoms with Gasteiger partial charge < -0.3 is 15.1 Å². The van der Waals surface area contributed by atoms with E-state index in [2.05, 4.69) is 0 Å². The lowest BCUT2D eigenvalue weighted by atomic mass is 10.1. The van der Waals surface area contributed by atoms with Crippen LogP contribution in [0.5, 0.6) is 0 Å². The molecule has 2 N–H and O–H groups in total. The van der Waals surface area contributed by atoms with Gasteiger partial charge >= 0.3 is 5.97 Å². The molecule has 5 heteroatoms. The minimum Gasteiger partial charge on any atom is -0.480 e. The van der Waals surface area contributed by atoms with Crippen molar-refractivity contribution in [3.63, 3.8) is 0 Å². The number of carboxylic acid groups (broad SMARTS) is 1. The molecule has 16 heavy (non-hydrogen) atoms. The molecule has 1 amide bonds. The van der Waals surface area contributed by atoms with Crippen LogP contribution in [0.4, 0.5) is 0 Å². The number of amides is 1. The highest BCUT2D eigenvalue weighted by molar-refractivity contribution is 5.87. The van der Waals surface area contributed by atoms with Crippen LogP contribution in [0.15, 0.2) is 0 Å². The Labute approximate surface area is 95.1 Å². The molecule has 0 aromatic carbocycles. The molecule has 3 atom stereocenters. The van der Waals surface area contributed by atoms with Crippen LogP contribution in [0.3, 0.4) is 0 Å². The molecule has 1 aliphatic rings. The lowest BCUT2D eigenvalue weighted by molar-refractivity contribution is -0.153. The van der Waals surface area contributed by atoms with E-state index in [4.69, 9.17) is 5.11 Å².